The van der Waals surface area contributed by atoms with Crippen LogP contribution < -0.4 is 0 Å². The number of rotatable bonds is 2. The van der Waals surface area contributed by atoms with Crippen molar-refractivity contribution in [2.45, 2.75) is 90.6 Å². The second-order valence-corrected chi connectivity index (χ2v) is 16.2. The van der Waals surface area contributed by atoms with E-state index >= 15 is 0 Å². The largest absolute Gasteiger partial charge is 0.460 e. The van der Waals surface area contributed by atoms with Crippen molar-refractivity contribution in [2.24, 2.45) is 94.2 Å². The molecule has 0 aliphatic heterocycles. The molecule has 8 fully saturated rings. The topological polar surface area (TPSA) is 26.3 Å². The van der Waals surface area contributed by atoms with E-state index in [-0.39, 0.29) is 17.5 Å². The highest BCUT2D eigenvalue weighted by Gasteiger charge is 2.82. The third-order valence-corrected chi connectivity index (χ3v) is 14.5. The number of carbonyl (C=O) groups excluding carboxylic acids is 1. The van der Waals surface area contributed by atoms with Crippen LogP contribution in [0.1, 0.15) is 85.0 Å². The number of esters is 1. The highest BCUT2D eigenvalue weighted by molar-refractivity contribution is 5.74. The maximum atomic E-state index is 13.3. The molecule has 0 N–H and O–H groups in total. The zero-order chi connectivity index (χ0) is 23.4. The first-order valence-electron chi connectivity index (χ1n) is 15.8. The number of allylic oxidation sites excluding steroid dienone is 2. The lowest BCUT2D eigenvalue weighted by Crippen LogP contribution is -2.57. The van der Waals surface area contributed by atoms with Crippen molar-refractivity contribution < 1.29 is 9.53 Å². The molecule has 9 rings (SSSR count). The lowest BCUT2D eigenvalue weighted by molar-refractivity contribution is -0.168. The van der Waals surface area contributed by atoms with E-state index in [0.717, 1.165) is 83.4 Å². The monoisotopic (exact) mass is 474 g/mol. The van der Waals surface area contributed by atoms with Gasteiger partial charge in [-0.25, -0.2) is 0 Å². The summed E-state index contributed by atoms with van der Waals surface area (Å²) >= 11 is 0. The molecule has 9 aliphatic carbocycles. The Balaban J connectivity index is 1.11. The lowest BCUT2D eigenvalue weighted by atomic mass is 9.43. The SMILES string of the molecule is CC(C)(C)OC(=O)C1CC2CC1C1C3CC(C21)C1(C2CCCCC2)C2CC(C4C5C=CC(C5)C42)C31. The Labute approximate surface area is 212 Å². The summed E-state index contributed by atoms with van der Waals surface area (Å²) in [6, 6.07) is 0. The molecule has 0 amide bonds. The van der Waals surface area contributed by atoms with Crippen LogP contribution in [0.25, 0.3) is 0 Å². The summed E-state index contributed by atoms with van der Waals surface area (Å²) in [5.41, 5.74) is 0.361. The van der Waals surface area contributed by atoms with Crippen LogP contribution in [0, 0.1) is 94.2 Å². The van der Waals surface area contributed by atoms with Gasteiger partial charge in [0.05, 0.1) is 5.92 Å². The van der Waals surface area contributed by atoms with E-state index in [9.17, 15) is 4.79 Å². The molecule has 8 saturated carbocycles. The van der Waals surface area contributed by atoms with Gasteiger partial charge in [-0.15, -0.1) is 0 Å². The van der Waals surface area contributed by atoms with Crippen LogP contribution in [0.2, 0.25) is 0 Å². The van der Waals surface area contributed by atoms with Crippen molar-refractivity contribution >= 4 is 5.97 Å². The maximum Gasteiger partial charge on any atom is 0.309 e. The summed E-state index contributed by atoms with van der Waals surface area (Å²) in [5.74, 6) is 13.7. The molecule has 0 spiro atoms. The Kier molecular flexibility index (Phi) is 4.00. The zero-order valence-corrected chi connectivity index (χ0v) is 22.2. The van der Waals surface area contributed by atoms with E-state index in [0.29, 0.717) is 11.3 Å². The molecular formula is C33H46O2. The van der Waals surface area contributed by atoms with Crippen molar-refractivity contribution in [3.05, 3.63) is 12.2 Å². The van der Waals surface area contributed by atoms with Gasteiger partial charge in [0.15, 0.2) is 0 Å². The molecular weight excluding hydrogens is 428 g/mol. The molecule has 9 aliphatic rings. The third-order valence-electron chi connectivity index (χ3n) is 14.5. The summed E-state index contributed by atoms with van der Waals surface area (Å²) in [4.78, 5) is 13.3. The molecule has 0 radical (unpaired) electrons. The first-order valence-corrected chi connectivity index (χ1v) is 15.8. The van der Waals surface area contributed by atoms with Gasteiger partial charge in [-0.1, -0.05) is 31.4 Å². The molecule has 0 aromatic heterocycles. The first kappa shape index (κ1) is 21.2. The quantitative estimate of drug-likeness (QED) is 0.242. The van der Waals surface area contributed by atoms with E-state index in [1.807, 2.05) is 20.8 Å². The average Bonchev–Trinajstić information content (AvgIpc) is 3.67. The predicted octanol–water partition coefficient (Wildman–Crippen LogP) is 7.14. The molecule has 0 aromatic carbocycles. The first-order chi connectivity index (χ1) is 16.9. The second-order valence-electron chi connectivity index (χ2n) is 16.2. The van der Waals surface area contributed by atoms with Gasteiger partial charge in [0.25, 0.3) is 0 Å². The van der Waals surface area contributed by atoms with Gasteiger partial charge in [0.1, 0.15) is 5.60 Å². The van der Waals surface area contributed by atoms with Gasteiger partial charge in [0, 0.05) is 0 Å². The molecule has 0 heterocycles. The van der Waals surface area contributed by atoms with Gasteiger partial charge >= 0.3 is 5.97 Å². The fourth-order valence-corrected chi connectivity index (χ4v) is 14.7. The number of hydrogen-bond acceptors (Lipinski definition) is 2. The second kappa shape index (κ2) is 6.61. The lowest BCUT2D eigenvalue weighted by Gasteiger charge is -2.61. The van der Waals surface area contributed by atoms with Crippen LogP contribution in [0.15, 0.2) is 12.2 Å². The molecule has 15 atom stereocenters. The molecule has 0 saturated heterocycles. The molecule has 2 heteroatoms. The van der Waals surface area contributed by atoms with Gasteiger partial charge in [0.2, 0.25) is 0 Å². The Morgan fingerprint density at radius 1 is 0.771 bits per heavy atom. The van der Waals surface area contributed by atoms with Crippen LogP contribution >= 0.6 is 0 Å². The van der Waals surface area contributed by atoms with Crippen LogP contribution in [0.4, 0.5) is 0 Å². The van der Waals surface area contributed by atoms with Gasteiger partial charge in [-0.3, -0.25) is 4.79 Å². The molecule has 0 aromatic rings. The Bertz CT molecular complexity index is 984. The minimum Gasteiger partial charge on any atom is -0.460 e. The summed E-state index contributed by atoms with van der Waals surface area (Å²) < 4.78 is 6.00. The Morgan fingerprint density at radius 2 is 1.46 bits per heavy atom. The van der Waals surface area contributed by atoms with Crippen molar-refractivity contribution in [3.63, 3.8) is 0 Å². The molecule has 15 unspecified atom stereocenters. The van der Waals surface area contributed by atoms with E-state index < -0.39 is 0 Å². The van der Waals surface area contributed by atoms with Crippen molar-refractivity contribution in [2.75, 3.05) is 0 Å². The highest BCUT2D eigenvalue weighted by atomic mass is 16.6. The number of fused-ring (bicyclic) bond motifs is 23. The number of carbonyl (C=O) groups is 1. The van der Waals surface area contributed by atoms with Crippen molar-refractivity contribution in [3.8, 4) is 0 Å². The zero-order valence-electron chi connectivity index (χ0n) is 22.2. The van der Waals surface area contributed by atoms with Crippen LogP contribution in [0.5, 0.6) is 0 Å². The molecule has 190 valence electrons. The fraction of sp³-hybridized carbons (Fsp3) is 0.909. The van der Waals surface area contributed by atoms with Gasteiger partial charge in [-0.05, 0) is 154 Å². The third kappa shape index (κ3) is 2.35. The van der Waals surface area contributed by atoms with Crippen LogP contribution in [-0.2, 0) is 9.53 Å². The van der Waals surface area contributed by atoms with Crippen molar-refractivity contribution in [1.82, 2.24) is 0 Å². The van der Waals surface area contributed by atoms with Gasteiger partial charge < -0.3 is 4.74 Å². The smallest absolute Gasteiger partial charge is 0.309 e. The molecule has 35 heavy (non-hydrogen) atoms. The summed E-state index contributed by atoms with van der Waals surface area (Å²) in [7, 11) is 0. The Morgan fingerprint density at radius 3 is 2.20 bits per heavy atom. The van der Waals surface area contributed by atoms with Crippen LogP contribution in [0.3, 0.4) is 0 Å². The average molecular weight is 475 g/mol. The summed E-state index contributed by atoms with van der Waals surface area (Å²) in [6.45, 7) is 6.14. The molecule has 2 nitrogen and oxygen atoms in total. The maximum absolute atomic E-state index is 13.3. The minimum atomic E-state index is -0.349. The van der Waals surface area contributed by atoms with E-state index in [1.54, 1.807) is 25.7 Å². The van der Waals surface area contributed by atoms with E-state index in [1.165, 1.54) is 32.1 Å². The summed E-state index contributed by atoms with van der Waals surface area (Å²) in [6.07, 6.45) is 20.1. The highest BCUT2D eigenvalue weighted by Crippen LogP contribution is 2.87. The fourth-order valence-electron chi connectivity index (χ4n) is 14.7. The van der Waals surface area contributed by atoms with E-state index in [4.69, 9.17) is 4.74 Å². The standard InChI is InChI=1S/C33H46O2/c1-32(2,3)35-31(34)21-13-18-12-20(21)29-23-15-25(28(18)29)33(19-7-5-4-6-8-19)24-14-22(30(23)33)26-16-9-10-17(11-16)27(24)26/h9-10,16-30H,4-8,11-15H2,1-3H3. The van der Waals surface area contributed by atoms with Crippen molar-refractivity contribution in [1.29, 1.82) is 0 Å². The Hall–Kier alpha value is -0.790. The summed E-state index contributed by atoms with van der Waals surface area (Å²) in [5, 5.41) is 0. The predicted molar refractivity (Wildman–Crippen MR) is 136 cm³/mol. The van der Waals surface area contributed by atoms with Gasteiger partial charge in [-0.2, -0.15) is 0 Å². The normalized spacial score (nSPS) is 60.4. The molecule has 8 bridgehead atoms. The minimum absolute atomic E-state index is 0.149. The van der Waals surface area contributed by atoms with Crippen LogP contribution in [-0.4, -0.2) is 11.6 Å². The number of ether oxygens (including phenoxy) is 1. The van der Waals surface area contributed by atoms with E-state index in [2.05, 4.69) is 12.2 Å². The number of hydrogen-bond donors (Lipinski definition) is 0.